The van der Waals surface area contributed by atoms with E-state index in [1.807, 2.05) is 19.9 Å². The van der Waals surface area contributed by atoms with Crippen LogP contribution >= 0.6 is 11.6 Å². The molecule has 2 rings (SSSR count). The molecule has 1 heterocycles. The van der Waals surface area contributed by atoms with Crippen LogP contribution in [0.2, 0.25) is 5.02 Å². The average molecular weight is 252 g/mol. The Balaban J connectivity index is 2.21. The topological polar surface area (TPSA) is 64.1 Å². The van der Waals surface area contributed by atoms with Crippen molar-refractivity contribution in [2.75, 3.05) is 11.1 Å². The van der Waals surface area contributed by atoms with E-state index in [1.54, 1.807) is 18.3 Å². The number of nitrogens with two attached hydrogens (primary N) is 1. The minimum atomic E-state index is -0.0918. The van der Waals surface area contributed by atoms with Crippen LogP contribution in [-0.2, 0) is 0 Å². The second-order valence-electron chi connectivity index (χ2n) is 3.88. The highest BCUT2D eigenvalue weighted by atomic mass is 35.5. The number of rotatable bonds is 3. The number of aromatic nitrogens is 1. The molecule has 3 N–H and O–H groups in total. The van der Waals surface area contributed by atoms with Gasteiger partial charge in [-0.3, -0.25) is 0 Å². The summed E-state index contributed by atoms with van der Waals surface area (Å²) >= 11 is 6.07. The number of nitrogens with zero attached hydrogens (tertiary/aromatic N) is 1. The van der Waals surface area contributed by atoms with Gasteiger partial charge in [0.25, 0.3) is 0 Å². The number of aryl methyl sites for hydroxylation is 1. The Labute approximate surface area is 105 Å². The monoisotopic (exact) mass is 251 g/mol. The minimum absolute atomic E-state index is 0.0918. The first-order valence-corrected chi connectivity index (χ1v) is 5.68. The summed E-state index contributed by atoms with van der Waals surface area (Å²) < 4.78 is 5.44. The predicted octanol–water partition coefficient (Wildman–Crippen LogP) is 3.39. The van der Waals surface area contributed by atoms with Gasteiger partial charge >= 0.3 is 0 Å². The molecule has 1 unspecified atom stereocenters. The molecule has 2 aromatic rings. The molecule has 0 aliphatic rings. The Hall–Kier alpha value is -1.68. The Morgan fingerprint density at radius 2 is 2.24 bits per heavy atom. The van der Waals surface area contributed by atoms with Gasteiger partial charge in [0.05, 0.1) is 22.6 Å². The Bertz CT molecular complexity index is 504. The lowest BCUT2D eigenvalue weighted by Crippen LogP contribution is -2.09. The summed E-state index contributed by atoms with van der Waals surface area (Å²) in [5, 5.41) is 3.78. The van der Waals surface area contributed by atoms with Crippen molar-refractivity contribution in [1.29, 1.82) is 0 Å². The maximum absolute atomic E-state index is 6.07. The van der Waals surface area contributed by atoms with Crippen LogP contribution in [0.5, 0.6) is 0 Å². The third-order valence-corrected chi connectivity index (χ3v) is 2.73. The maximum atomic E-state index is 6.07. The smallest absolute Gasteiger partial charge is 0.216 e. The molecule has 0 saturated heterocycles. The zero-order valence-corrected chi connectivity index (χ0v) is 10.5. The highest BCUT2D eigenvalue weighted by Crippen LogP contribution is 2.31. The molecule has 0 fully saturated rings. The van der Waals surface area contributed by atoms with Crippen molar-refractivity contribution in [3.05, 3.63) is 41.1 Å². The zero-order chi connectivity index (χ0) is 12.4. The number of halogens is 1. The zero-order valence-electron chi connectivity index (χ0n) is 9.70. The van der Waals surface area contributed by atoms with Gasteiger partial charge in [-0.15, -0.1) is 0 Å². The fourth-order valence-corrected chi connectivity index (χ4v) is 1.78. The molecule has 0 aliphatic heterocycles. The lowest BCUT2D eigenvalue weighted by atomic mass is 10.2. The number of hydrogen-bond donors (Lipinski definition) is 2. The number of oxazole rings is 1. The largest absolute Gasteiger partial charge is 0.444 e. The number of nitrogens with one attached hydrogen (secondary N) is 1. The van der Waals surface area contributed by atoms with E-state index in [0.29, 0.717) is 22.3 Å². The summed E-state index contributed by atoms with van der Waals surface area (Å²) in [6, 6.07) is 5.30. The highest BCUT2D eigenvalue weighted by molar-refractivity contribution is 6.33. The molecule has 90 valence electrons. The van der Waals surface area contributed by atoms with Gasteiger partial charge in [-0.05, 0) is 26.0 Å². The van der Waals surface area contributed by atoms with Crippen LogP contribution in [0.4, 0.5) is 11.4 Å². The lowest BCUT2D eigenvalue weighted by molar-refractivity contribution is 0.454. The van der Waals surface area contributed by atoms with Crippen LogP contribution in [0.15, 0.2) is 28.8 Å². The molecule has 0 spiro atoms. The van der Waals surface area contributed by atoms with E-state index in [2.05, 4.69) is 10.3 Å². The molecule has 0 amide bonds. The van der Waals surface area contributed by atoms with Crippen molar-refractivity contribution in [2.45, 2.75) is 19.9 Å². The first kappa shape index (κ1) is 11.8. The van der Waals surface area contributed by atoms with Gasteiger partial charge in [0.2, 0.25) is 5.89 Å². The van der Waals surface area contributed by atoms with Gasteiger partial charge in [0.1, 0.15) is 11.8 Å². The molecule has 0 bridgehead atoms. The number of para-hydroxylation sites is 1. The average Bonchev–Trinajstić information content (AvgIpc) is 2.70. The minimum Gasteiger partial charge on any atom is -0.444 e. The van der Waals surface area contributed by atoms with Crippen molar-refractivity contribution < 1.29 is 4.42 Å². The molecule has 0 saturated carbocycles. The lowest BCUT2D eigenvalue weighted by Gasteiger charge is -2.15. The fourth-order valence-electron chi connectivity index (χ4n) is 1.54. The summed E-state index contributed by atoms with van der Waals surface area (Å²) in [6.45, 7) is 3.79. The molecule has 4 nitrogen and oxygen atoms in total. The summed E-state index contributed by atoms with van der Waals surface area (Å²) in [5.41, 5.74) is 7.17. The third-order valence-electron chi connectivity index (χ3n) is 2.42. The second-order valence-corrected chi connectivity index (χ2v) is 4.29. The summed E-state index contributed by atoms with van der Waals surface area (Å²) in [5.74, 6) is 1.39. The summed E-state index contributed by atoms with van der Waals surface area (Å²) in [4.78, 5) is 4.16. The van der Waals surface area contributed by atoms with E-state index < -0.39 is 0 Å². The quantitative estimate of drug-likeness (QED) is 0.821. The molecular formula is C12H14ClN3O. The van der Waals surface area contributed by atoms with Crippen LogP contribution < -0.4 is 11.1 Å². The second kappa shape index (κ2) is 4.67. The van der Waals surface area contributed by atoms with Crippen LogP contribution in [0.25, 0.3) is 0 Å². The molecular weight excluding hydrogens is 238 g/mol. The van der Waals surface area contributed by atoms with Crippen molar-refractivity contribution in [3.63, 3.8) is 0 Å². The molecule has 17 heavy (non-hydrogen) atoms. The summed E-state index contributed by atoms with van der Waals surface area (Å²) in [7, 11) is 0. The molecule has 0 radical (unpaired) electrons. The van der Waals surface area contributed by atoms with Crippen LogP contribution in [0, 0.1) is 6.92 Å². The van der Waals surface area contributed by atoms with E-state index in [1.165, 1.54) is 0 Å². The summed E-state index contributed by atoms with van der Waals surface area (Å²) in [6.07, 6.45) is 1.68. The predicted molar refractivity (Wildman–Crippen MR) is 69.1 cm³/mol. The number of nitrogen functional groups attached to an aromatic ring is 1. The van der Waals surface area contributed by atoms with Gasteiger partial charge < -0.3 is 15.5 Å². The van der Waals surface area contributed by atoms with Gasteiger partial charge in [0.15, 0.2) is 0 Å². The Morgan fingerprint density at radius 1 is 1.47 bits per heavy atom. The molecule has 0 aliphatic carbocycles. The first-order valence-electron chi connectivity index (χ1n) is 5.31. The van der Waals surface area contributed by atoms with Gasteiger partial charge in [0, 0.05) is 0 Å². The number of hydrogen-bond acceptors (Lipinski definition) is 4. The number of benzene rings is 1. The van der Waals surface area contributed by atoms with Crippen molar-refractivity contribution in [2.24, 2.45) is 0 Å². The van der Waals surface area contributed by atoms with Gasteiger partial charge in [-0.1, -0.05) is 17.7 Å². The van der Waals surface area contributed by atoms with Crippen LogP contribution in [0.1, 0.15) is 24.6 Å². The van der Waals surface area contributed by atoms with E-state index in [4.69, 9.17) is 21.8 Å². The molecule has 5 heteroatoms. The van der Waals surface area contributed by atoms with E-state index >= 15 is 0 Å². The van der Waals surface area contributed by atoms with Crippen molar-refractivity contribution in [1.82, 2.24) is 4.98 Å². The number of anilines is 2. The van der Waals surface area contributed by atoms with Crippen LogP contribution in [-0.4, -0.2) is 4.98 Å². The molecule has 1 aromatic heterocycles. The third kappa shape index (κ3) is 2.53. The standard InChI is InChI=1S/C12H14ClN3O/c1-7-6-15-12(17-7)8(2)16-11-9(13)4-3-5-10(11)14/h3-6,8,16H,14H2,1-2H3. The van der Waals surface area contributed by atoms with Crippen LogP contribution in [0.3, 0.4) is 0 Å². The SMILES string of the molecule is Cc1cnc(C(C)Nc2c(N)cccc2Cl)o1. The van der Waals surface area contributed by atoms with Gasteiger partial charge in [-0.25, -0.2) is 4.98 Å². The van der Waals surface area contributed by atoms with Crippen molar-refractivity contribution in [3.8, 4) is 0 Å². The maximum Gasteiger partial charge on any atom is 0.216 e. The molecule has 1 aromatic carbocycles. The van der Waals surface area contributed by atoms with E-state index in [-0.39, 0.29) is 6.04 Å². The normalized spacial score (nSPS) is 12.4. The Kier molecular flexibility index (Phi) is 3.24. The first-order chi connectivity index (χ1) is 8.08. The fraction of sp³-hybridized carbons (Fsp3) is 0.250. The highest BCUT2D eigenvalue weighted by Gasteiger charge is 2.14. The van der Waals surface area contributed by atoms with Crippen molar-refractivity contribution >= 4 is 23.0 Å². The molecule has 1 atom stereocenters. The van der Waals surface area contributed by atoms with Gasteiger partial charge in [-0.2, -0.15) is 0 Å². The van der Waals surface area contributed by atoms with E-state index in [9.17, 15) is 0 Å². The Morgan fingerprint density at radius 3 is 2.82 bits per heavy atom. The van der Waals surface area contributed by atoms with E-state index in [0.717, 1.165) is 5.76 Å².